The second kappa shape index (κ2) is 6.60. The molecule has 0 spiro atoms. The van der Waals surface area contributed by atoms with Crippen molar-refractivity contribution in [2.75, 3.05) is 0 Å². The molecule has 0 bridgehead atoms. The predicted molar refractivity (Wildman–Crippen MR) is 79.8 cm³/mol. The maximum absolute atomic E-state index is 12.2. The second-order valence-electron chi connectivity index (χ2n) is 6.04. The number of benzene rings is 1. The molecule has 1 rings (SSSR count). The summed E-state index contributed by atoms with van der Waals surface area (Å²) in [6, 6.07) is 10.6. The van der Waals surface area contributed by atoms with Crippen molar-refractivity contribution in [3.63, 3.8) is 0 Å². The van der Waals surface area contributed by atoms with Crippen LogP contribution in [-0.4, -0.2) is 15.3 Å². The summed E-state index contributed by atoms with van der Waals surface area (Å²) < 4.78 is 15.2. The third kappa shape index (κ3) is 5.01. The summed E-state index contributed by atoms with van der Waals surface area (Å²) in [4.78, 5) is 0. The highest BCUT2D eigenvalue weighted by atomic mass is 32.2. The molecular weight excluding hydrogens is 242 g/mol. The van der Waals surface area contributed by atoms with Gasteiger partial charge in [-0.1, -0.05) is 44.2 Å². The number of hydrogen-bond acceptors (Lipinski definition) is 2. The summed E-state index contributed by atoms with van der Waals surface area (Å²) in [6.07, 6.45) is 0.917. The molecule has 0 aromatic heterocycles. The summed E-state index contributed by atoms with van der Waals surface area (Å²) in [6.45, 7) is 10.3. The van der Waals surface area contributed by atoms with Crippen LogP contribution in [0.15, 0.2) is 30.3 Å². The first-order chi connectivity index (χ1) is 8.30. The molecule has 102 valence electrons. The number of nitrogens with one attached hydrogen (secondary N) is 1. The summed E-state index contributed by atoms with van der Waals surface area (Å²) in [5.41, 5.74) is 1.29. The van der Waals surface area contributed by atoms with E-state index in [1.54, 1.807) is 0 Å². The van der Waals surface area contributed by atoms with Crippen LogP contribution in [0, 0.1) is 5.92 Å². The summed E-state index contributed by atoms with van der Waals surface area (Å²) in [7, 11) is 0. The third-order valence-electron chi connectivity index (χ3n) is 2.92. The van der Waals surface area contributed by atoms with Gasteiger partial charge in [0.15, 0.2) is 0 Å². The molecule has 0 amide bonds. The van der Waals surface area contributed by atoms with E-state index in [1.165, 1.54) is 5.56 Å². The Kier molecular flexibility index (Phi) is 5.70. The highest BCUT2D eigenvalue weighted by molar-refractivity contribution is 7.90. The fourth-order valence-electron chi connectivity index (χ4n) is 1.60. The van der Waals surface area contributed by atoms with Crippen molar-refractivity contribution in [2.45, 2.75) is 51.8 Å². The highest BCUT2D eigenvalue weighted by Gasteiger charge is 2.30. The van der Waals surface area contributed by atoms with Gasteiger partial charge >= 0.3 is 0 Å². The molecule has 1 N–H and O–H groups in total. The van der Waals surface area contributed by atoms with E-state index in [9.17, 15) is 4.55 Å². The minimum Gasteiger partial charge on any atom is -0.598 e. The van der Waals surface area contributed by atoms with Crippen LogP contribution < -0.4 is 4.72 Å². The topological polar surface area (TPSA) is 35.1 Å². The molecule has 2 nitrogen and oxygen atoms in total. The molecule has 0 fully saturated rings. The molecule has 0 aliphatic rings. The number of rotatable bonds is 5. The van der Waals surface area contributed by atoms with Gasteiger partial charge in [-0.25, -0.2) is 0 Å². The first-order valence-corrected chi connectivity index (χ1v) is 7.67. The normalized spacial score (nSPS) is 15.7. The van der Waals surface area contributed by atoms with Crippen LogP contribution in [0.2, 0.25) is 0 Å². The van der Waals surface area contributed by atoms with Crippen molar-refractivity contribution in [2.24, 2.45) is 5.92 Å². The van der Waals surface area contributed by atoms with Crippen LogP contribution in [-0.2, 0) is 17.8 Å². The van der Waals surface area contributed by atoms with Crippen LogP contribution in [0.4, 0.5) is 0 Å². The van der Waals surface area contributed by atoms with Gasteiger partial charge in [-0.05, 0) is 38.7 Å². The van der Waals surface area contributed by atoms with Gasteiger partial charge in [0, 0.05) is 11.4 Å². The van der Waals surface area contributed by atoms with Crippen molar-refractivity contribution in [1.82, 2.24) is 4.72 Å². The molecule has 0 saturated carbocycles. The molecule has 1 aromatic carbocycles. The van der Waals surface area contributed by atoms with Crippen molar-refractivity contribution >= 4 is 11.4 Å². The van der Waals surface area contributed by atoms with Crippen molar-refractivity contribution in [3.8, 4) is 0 Å². The molecule has 18 heavy (non-hydrogen) atoms. The SMILES string of the molecule is CC(C)[C@@H](Cc1ccccc1)N[S+]([O-])C(C)(C)C. The highest BCUT2D eigenvalue weighted by Crippen LogP contribution is 2.17. The van der Waals surface area contributed by atoms with E-state index in [-0.39, 0.29) is 10.8 Å². The van der Waals surface area contributed by atoms with Crippen molar-refractivity contribution < 1.29 is 4.55 Å². The van der Waals surface area contributed by atoms with Crippen LogP contribution in [0.5, 0.6) is 0 Å². The van der Waals surface area contributed by atoms with Gasteiger partial charge in [0.2, 0.25) is 0 Å². The van der Waals surface area contributed by atoms with Gasteiger partial charge in [0.1, 0.15) is 4.75 Å². The quantitative estimate of drug-likeness (QED) is 0.831. The first kappa shape index (κ1) is 15.5. The van der Waals surface area contributed by atoms with Crippen molar-refractivity contribution in [3.05, 3.63) is 35.9 Å². The molecule has 1 aromatic rings. The Morgan fingerprint density at radius 2 is 1.72 bits per heavy atom. The van der Waals surface area contributed by atoms with Gasteiger partial charge in [0.25, 0.3) is 0 Å². The van der Waals surface area contributed by atoms with Gasteiger partial charge < -0.3 is 4.55 Å². The molecule has 2 atom stereocenters. The van der Waals surface area contributed by atoms with Gasteiger partial charge in [-0.3, -0.25) is 0 Å². The average molecular weight is 267 g/mol. The summed E-state index contributed by atoms with van der Waals surface area (Å²) >= 11 is -1.01. The standard InChI is InChI=1S/C15H25NOS/c1-12(2)14(16-18(17)15(3,4)5)11-13-9-7-6-8-10-13/h6-10,12,14,16H,11H2,1-5H3/t14-,18?/m1/s1. The zero-order valence-corrected chi connectivity index (χ0v) is 12.9. The Bertz CT molecular complexity index is 345. The summed E-state index contributed by atoms with van der Waals surface area (Å²) in [5, 5.41) is 0. The molecule has 1 unspecified atom stereocenters. The van der Waals surface area contributed by atoms with E-state index in [2.05, 4.69) is 30.7 Å². The lowest BCUT2D eigenvalue weighted by Crippen LogP contribution is -2.47. The Hall–Kier alpha value is -0.510. The van der Waals surface area contributed by atoms with E-state index in [0.29, 0.717) is 5.92 Å². The molecule has 0 aliphatic heterocycles. The molecular formula is C15H25NOS. The Morgan fingerprint density at radius 3 is 2.17 bits per heavy atom. The largest absolute Gasteiger partial charge is 0.598 e. The van der Waals surface area contributed by atoms with Gasteiger partial charge in [-0.2, -0.15) is 0 Å². The average Bonchev–Trinajstić information content (AvgIpc) is 2.28. The predicted octanol–water partition coefficient (Wildman–Crippen LogP) is 3.31. The van der Waals surface area contributed by atoms with E-state index in [0.717, 1.165) is 6.42 Å². The van der Waals surface area contributed by atoms with E-state index in [1.807, 2.05) is 39.0 Å². The molecule has 0 saturated heterocycles. The van der Waals surface area contributed by atoms with E-state index in [4.69, 9.17) is 0 Å². The van der Waals surface area contributed by atoms with E-state index < -0.39 is 11.4 Å². The molecule has 0 aliphatic carbocycles. The fourth-order valence-corrected chi connectivity index (χ4v) is 2.58. The zero-order chi connectivity index (χ0) is 13.8. The second-order valence-corrected chi connectivity index (χ2v) is 8.04. The minimum absolute atomic E-state index is 0.218. The van der Waals surface area contributed by atoms with Crippen LogP contribution in [0.25, 0.3) is 0 Å². The fraction of sp³-hybridized carbons (Fsp3) is 0.600. The Labute approximate surface area is 114 Å². The van der Waals surface area contributed by atoms with Crippen LogP contribution in [0.3, 0.4) is 0 Å². The number of hydrogen-bond donors (Lipinski definition) is 1. The molecule has 0 heterocycles. The summed E-state index contributed by atoms with van der Waals surface area (Å²) in [5.74, 6) is 0.455. The van der Waals surface area contributed by atoms with Crippen LogP contribution in [0.1, 0.15) is 40.2 Å². The first-order valence-electron chi connectivity index (χ1n) is 6.52. The molecule has 0 radical (unpaired) electrons. The monoisotopic (exact) mass is 267 g/mol. The van der Waals surface area contributed by atoms with Gasteiger partial charge in [-0.15, -0.1) is 4.72 Å². The van der Waals surface area contributed by atoms with Crippen LogP contribution >= 0.6 is 0 Å². The Balaban J connectivity index is 2.67. The molecule has 3 heteroatoms. The Morgan fingerprint density at radius 1 is 1.17 bits per heavy atom. The lowest BCUT2D eigenvalue weighted by molar-refractivity contribution is 0.437. The minimum atomic E-state index is -1.01. The van der Waals surface area contributed by atoms with Gasteiger partial charge in [0.05, 0.1) is 6.04 Å². The van der Waals surface area contributed by atoms with E-state index >= 15 is 0 Å². The zero-order valence-electron chi connectivity index (χ0n) is 12.1. The third-order valence-corrected chi connectivity index (χ3v) is 4.55. The van der Waals surface area contributed by atoms with Crippen molar-refractivity contribution in [1.29, 1.82) is 0 Å². The lowest BCUT2D eigenvalue weighted by Gasteiger charge is -2.29. The smallest absolute Gasteiger partial charge is 0.136 e. The lowest BCUT2D eigenvalue weighted by atomic mass is 9.97. The maximum atomic E-state index is 12.2. The maximum Gasteiger partial charge on any atom is 0.136 e.